The van der Waals surface area contributed by atoms with Crippen molar-refractivity contribution in [3.8, 4) is 0 Å². The molecule has 6 nitrogen and oxygen atoms in total. The molecule has 0 fully saturated rings. The molecular weight excluding hydrogens is 240 g/mol. The van der Waals surface area contributed by atoms with Crippen LogP contribution in [0.25, 0.3) is 0 Å². The normalized spacial score (nSPS) is 11.4. The second-order valence-electron chi connectivity index (χ2n) is 2.76. The fourth-order valence-electron chi connectivity index (χ4n) is 1.10. The number of hydrogen-bond donors (Lipinski definition) is 0. The van der Waals surface area contributed by atoms with Gasteiger partial charge in [-0.05, 0) is 12.1 Å². The average molecular weight is 249 g/mol. The molecule has 1 rings (SSSR count). The third kappa shape index (κ3) is 2.27. The van der Waals surface area contributed by atoms with Crippen molar-refractivity contribution in [2.45, 2.75) is 0 Å². The highest BCUT2D eigenvalue weighted by Crippen LogP contribution is 2.45. The van der Waals surface area contributed by atoms with Crippen molar-refractivity contribution in [2.75, 3.05) is 14.2 Å². The molecule has 0 aliphatic heterocycles. The summed E-state index contributed by atoms with van der Waals surface area (Å²) in [6.45, 7) is 0. The number of hydrogen-bond acceptors (Lipinski definition) is 5. The van der Waals surface area contributed by atoms with Crippen LogP contribution in [0.2, 0.25) is 0 Å². The molecule has 0 atom stereocenters. The summed E-state index contributed by atoms with van der Waals surface area (Å²) in [5.74, 6) is -1.01. The first-order chi connectivity index (χ1) is 7.44. The Morgan fingerprint density at radius 2 is 1.94 bits per heavy atom. The van der Waals surface area contributed by atoms with Gasteiger partial charge in [0.2, 0.25) is 5.82 Å². The molecule has 0 saturated heterocycles. The van der Waals surface area contributed by atoms with E-state index in [-0.39, 0.29) is 5.30 Å². The van der Waals surface area contributed by atoms with E-state index in [4.69, 9.17) is 0 Å². The summed E-state index contributed by atoms with van der Waals surface area (Å²) in [7, 11) is -1.31. The van der Waals surface area contributed by atoms with Crippen LogP contribution >= 0.6 is 7.60 Å². The summed E-state index contributed by atoms with van der Waals surface area (Å²) in [5.41, 5.74) is -0.771. The Hall–Kier alpha value is -1.30. The number of nitro benzene ring substituents is 1. The predicted molar refractivity (Wildman–Crippen MR) is 54.3 cm³/mol. The topological polar surface area (TPSA) is 78.7 Å². The Morgan fingerprint density at radius 3 is 2.38 bits per heavy atom. The largest absolute Gasteiger partial charge is 0.361 e. The van der Waals surface area contributed by atoms with Gasteiger partial charge < -0.3 is 9.05 Å². The van der Waals surface area contributed by atoms with E-state index < -0.39 is 24.0 Å². The van der Waals surface area contributed by atoms with Gasteiger partial charge in [-0.25, -0.2) is 0 Å². The second kappa shape index (κ2) is 4.69. The molecule has 8 heteroatoms. The summed E-state index contributed by atoms with van der Waals surface area (Å²) >= 11 is 0. The Balaban J connectivity index is 3.32. The Labute approximate surface area is 90.7 Å². The first-order valence-electron chi connectivity index (χ1n) is 4.10. The fourth-order valence-corrected chi connectivity index (χ4v) is 2.20. The van der Waals surface area contributed by atoms with E-state index in [0.29, 0.717) is 0 Å². The van der Waals surface area contributed by atoms with Gasteiger partial charge in [0.15, 0.2) is 0 Å². The summed E-state index contributed by atoms with van der Waals surface area (Å²) in [4.78, 5) is 9.56. The number of nitro groups is 1. The zero-order valence-corrected chi connectivity index (χ0v) is 9.44. The third-order valence-electron chi connectivity index (χ3n) is 1.92. The quantitative estimate of drug-likeness (QED) is 0.462. The lowest BCUT2D eigenvalue weighted by Gasteiger charge is -2.13. The van der Waals surface area contributed by atoms with Gasteiger partial charge in [0.1, 0.15) is 0 Å². The van der Waals surface area contributed by atoms with Gasteiger partial charge in [0.25, 0.3) is 0 Å². The first-order valence-corrected chi connectivity index (χ1v) is 5.65. The van der Waals surface area contributed by atoms with Crippen molar-refractivity contribution in [3.05, 3.63) is 34.1 Å². The minimum atomic E-state index is -3.59. The third-order valence-corrected chi connectivity index (χ3v) is 3.80. The van der Waals surface area contributed by atoms with Crippen LogP contribution in [-0.4, -0.2) is 19.1 Å². The van der Waals surface area contributed by atoms with Crippen molar-refractivity contribution in [3.63, 3.8) is 0 Å². The molecule has 1 aromatic carbocycles. The highest BCUT2D eigenvalue weighted by atomic mass is 31.2. The molecule has 0 aromatic heterocycles. The number of halogens is 1. The summed E-state index contributed by atoms with van der Waals surface area (Å²) in [5, 5.41) is 10.4. The van der Waals surface area contributed by atoms with Crippen LogP contribution in [0.5, 0.6) is 0 Å². The Kier molecular flexibility index (Phi) is 3.74. The van der Waals surface area contributed by atoms with E-state index in [9.17, 15) is 19.1 Å². The zero-order chi connectivity index (χ0) is 12.3. The molecule has 0 bridgehead atoms. The van der Waals surface area contributed by atoms with Gasteiger partial charge in [-0.2, -0.15) is 4.39 Å². The van der Waals surface area contributed by atoms with Crippen molar-refractivity contribution in [1.29, 1.82) is 0 Å². The summed E-state index contributed by atoms with van der Waals surface area (Å²) < 4.78 is 34.1. The predicted octanol–water partition coefficient (Wildman–Crippen LogP) is 1.85. The maximum absolute atomic E-state index is 13.0. The average Bonchev–Trinajstić information content (AvgIpc) is 2.28. The smallest absolute Gasteiger partial charge is 0.309 e. The molecule has 0 N–H and O–H groups in total. The molecule has 16 heavy (non-hydrogen) atoms. The summed E-state index contributed by atoms with van der Waals surface area (Å²) in [6, 6.07) is 2.80. The molecule has 0 radical (unpaired) electrons. The van der Waals surface area contributed by atoms with Crippen molar-refractivity contribution >= 4 is 18.6 Å². The number of nitrogens with zero attached hydrogens (tertiary/aromatic N) is 1. The number of rotatable bonds is 4. The summed E-state index contributed by atoms with van der Waals surface area (Å²) in [6.07, 6.45) is 0. The molecule has 0 heterocycles. The maximum Gasteiger partial charge on any atom is 0.361 e. The van der Waals surface area contributed by atoms with E-state index >= 15 is 0 Å². The van der Waals surface area contributed by atoms with Gasteiger partial charge >= 0.3 is 13.3 Å². The number of benzene rings is 1. The Morgan fingerprint density at radius 1 is 1.38 bits per heavy atom. The van der Waals surface area contributed by atoms with Crippen LogP contribution in [0, 0.1) is 15.9 Å². The molecule has 0 spiro atoms. The molecule has 0 aliphatic carbocycles. The zero-order valence-electron chi connectivity index (χ0n) is 8.55. The van der Waals surface area contributed by atoms with Gasteiger partial charge in [0.05, 0.1) is 10.2 Å². The highest BCUT2D eigenvalue weighted by Gasteiger charge is 2.28. The molecule has 0 unspecified atom stereocenters. The lowest BCUT2D eigenvalue weighted by atomic mass is 10.3. The SMILES string of the molecule is COP(=O)(OC)c1ccc(F)c([N+](=O)[O-])c1. The van der Waals surface area contributed by atoms with Gasteiger partial charge in [-0.3, -0.25) is 14.7 Å². The van der Waals surface area contributed by atoms with E-state index in [1.54, 1.807) is 0 Å². The van der Waals surface area contributed by atoms with Crippen LogP contribution in [0.1, 0.15) is 0 Å². The minimum Gasteiger partial charge on any atom is -0.309 e. The first kappa shape index (κ1) is 12.8. The molecular formula is C8H9FNO5P. The molecule has 0 amide bonds. The van der Waals surface area contributed by atoms with Crippen LogP contribution < -0.4 is 5.30 Å². The maximum atomic E-state index is 13.0. The highest BCUT2D eigenvalue weighted by molar-refractivity contribution is 7.62. The monoisotopic (exact) mass is 249 g/mol. The van der Waals surface area contributed by atoms with E-state index in [0.717, 1.165) is 32.4 Å². The lowest BCUT2D eigenvalue weighted by molar-refractivity contribution is -0.387. The van der Waals surface area contributed by atoms with Crippen LogP contribution in [0.3, 0.4) is 0 Å². The molecule has 88 valence electrons. The van der Waals surface area contributed by atoms with E-state index in [2.05, 4.69) is 9.05 Å². The van der Waals surface area contributed by atoms with Crippen LogP contribution in [0.4, 0.5) is 10.1 Å². The minimum absolute atomic E-state index is 0.0643. The van der Waals surface area contributed by atoms with Crippen LogP contribution in [-0.2, 0) is 13.6 Å². The van der Waals surface area contributed by atoms with Gasteiger partial charge in [0, 0.05) is 20.3 Å². The van der Waals surface area contributed by atoms with Crippen LogP contribution in [0.15, 0.2) is 18.2 Å². The lowest BCUT2D eigenvalue weighted by Crippen LogP contribution is -2.09. The van der Waals surface area contributed by atoms with E-state index in [1.165, 1.54) is 0 Å². The standard InChI is InChI=1S/C8H9FNO5P/c1-14-16(13,15-2)6-3-4-7(9)8(5-6)10(11)12/h3-5H,1-2H3. The second-order valence-corrected chi connectivity index (χ2v) is 5.00. The van der Waals surface area contributed by atoms with Gasteiger partial charge in [-0.1, -0.05) is 0 Å². The van der Waals surface area contributed by atoms with Crippen molar-refractivity contribution in [2.24, 2.45) is 0 Å². The Bertz CT molecular complexity index is 456. The van der Waals surface area contributed by atoms with Crippen molar-refractivity contribution in [1.82, 2.24) is 0 Å². The van der Waals surface area contributed by atoms with Crippen molar-refractivity contribution < 1.29 is 22.9 Å². The van der Waals surface area contributed by atoms with Gasteiger partial charge in [-0.15, -0.1) is 0 Å². The van der Waals surface area contributed by atoms with E-state index in [1.807, 2.05) is 0 Å². The fraction of sp³-hybridized carbons (Fsp3) is 0.250. The molecule has 0 saturated carbocycles. The molecule has 1 aromatic rings. The molecule has 0 aliphatic rings.